The first-order valence-electron chi connectivity index (χ1n) is 5.80. The van der Waals surface area contributed by atoms with Crippen LogP contribution in [-0.4, -0.2) is 34.1 Å². The van der Waals surface area contributed by atoms with Crippen molar-refractivity contribution in [3.8, 4) is 0 Å². The van der Waals surface area contributed by atoms with Gasteiger partial charge in [0.05, 0.1) is 23.5 Å². The first-order valence-corrected chi connectivity index (χ1v) is 5.80. The molecule has 0 amide bonds. The molecule has 1 aromatic heterocycles. The van der Waals surface area contributed by atoms with Crippen molar-refractivity contribution in [2.75, 3.05) is 6.61 Å². The largest absolute Gasteiger partial charge is 0.459 e. The molecule has 0 bridgehead atoms. The molecule has 1 aliphatic rings. The monoisotopic (exact) mass is 238 g/mol. The third-order valence-electron chi connectivity index (χ3n) is 2.89. The van der Waals surface area contributed by atoms with E-state index in [0.29, 0.717) is 12.2 Å². The molecule has 17 heavy (non-hydrogen) atoms. The second-order valence-electron chi connectivity index (χ2n) is 5.04. The Balaban J connectivity index is 1.81. The van der Waals surface area contributed by atoms with E-state index in [1.54, 1.807) is 17.9 Å². The maximum Gasteiger partial charge on any atom is 0.341 e. The highest BCUT2D eigenvalue weighted by atomic mass is 16.6. The third kappa shape index (κ3) is 3.06. The second kappa shape index (κ2) is 4.49. The molecule has 1 aliphatic heterocycles. The minimum absolute atomic E-state index is 0.0191. The van der Waals surface area contributed by atoms with Crippen LogP contribution in [0.4, 0.5) is 0 Å². The van der Waals surface area contributed by atoms with E-state index in [0.717, 1.165) is 12.8 Å². The summed E-state index contributed by atoms with van der Waals surface area (Å²) in [5, 5.41) is 3.93. The van der Waals surface area contributed by atoms with Gasteiger partial charge in [-0.25, -0.2) is 4.79 Å². The SMILES string of the molecule is Cn1cc(C(=O)OC[C@@H]2CCC(C)(C)O2)cn1. The fourth-order valence-electron chi connectivity index (χ4n) is 1.97. The maximum atomic E-state index is 11.6. The molecule has 1 fully saturated rings. The number of esters is 1. The molecule has 94 valence electrons. The smallest absolute Gasteiger partial charge is 0.341 e. The lowest BCUT2D eigenvalue weighted by atomic mass is 10.1. The summed E-state index contributed by atoms with van der Waals surface area (Å²) in [5.41, 5.74) is 0.385. The molecule has 0 spiro atoms. The van der Waals surface area contributed by atoms with Crippen molar-refractivity contribution in [1.82, 2.24) is 9.78 Å². The van der Waals surface area contributed by atoms with E-state index < -0.39 is 0 Å². The van der Waals surface area contributed by atoms with Crippen LogP contribution in [0.2, 0.25) is 0 Å². The Kier molecular flexibility index (Phi) is 3.19. The molecule has 5 heteroatoms. The van der Waals surface area contributed by atoms with Crippen LogP contribution in [0, 0.1) is 0 Å². The fourth-order valence-corrected chi connectivity index (χ4v) is 1.97. The third-order valence-corrected chi connectivity index (χ3v) is 2.89. The van der Waals surface area contributed by atoms with Gasteiger partial charge in [0, 0.05) is 13.2 Å². The molecule has 0 saturated carbocycles. The van der Waals surface area contributed by atoms with Crippen LogP contribution in [0.25, 0.3) is 0 Å². The second-order valence-corrected chi connectivity index (χ2v) is 5.04. The Labute approximate surface area is 101 Å². The number of carbonyl (C=O) groups excluding carboxylic acids is 1. The summed E-state index contributed by atoms with van der Waals surface area (Å²) in [7, 11) is 1.76. The van der Waals surface area contributed by atoms with Crippen LogP contribution in [0.3, 0.4) is 0 Å². The van der Waals surface area contributed by atoms with Gasteiger partial charge in [0.1, 0.15) is 6.61 Å². The van der Waals surface area contributed by atoms with Gasteiger partial charge in [-0.15, -0.1) is 0 Å². The summed E-state index contributed by atoms with van der Waals surface area (Å²) in [6.07, 6.45) is 5.10. The van der Waals surface area contributed by atoms with Gasteiger partial charge in [-0.1, -0.05) is 0 Å². The minimum atomic E-state index is -0.341. The van der Waals surface area contributed by atoms with Crippen LogP contribution < -0.4 is 0 Å². The number of nitrogens with zero attached hydrogens (tertiary/aromatic N) is 2. The summed E-state index contributed by atoms with van der Waals surface area (Å²) in [4.78, 5) is 11.6. The van der Waals surface area contributed by atoms with Gasteiger partial charge in [-0.3, -0.25) is 4.68 Å². The molecule has 5 nitrogen and oxygen atoms in total. The minimum Gasteiger partial charge on any atom is -0.459 e. The molecule has 1 atom stereocenters. The summed E-state index contributed by atoms with van der Waals surface area (Å²) >= 11 is 0. The predicted molar refractivity (Wildman–Crippen MR) is 61.7 cm³/mol. The molecule has 1 saturated heterocycles. The van der Waals surface area contributed by atoms with Gasteiger partial charge in [-0.2, -0.15) is 5.10 Å². The Hall–Kier alpha value is -1.36. The van der Waals surface area contributed by atoms with Crippen molar-refractivity contribution < 1.29 is 14.3 Å². The number of aromatic nitrogens is 2. The van der Waals surface area contributed by atoms with Gasteiger partial charge in [0.25, 0.3) is 0 Å². The van der Waals surface area contributed by atoms with Crippen LogP contribution in [0.15, 0.2) is 12.4 Å². The Morgan fingerprint density at radius 2 is 2.47 bits per heavy atom. The summed E-state index contributed by atoms with van der Waals surface area (Å²) in [6, 6.07) is 0. The highest BCUT2D eigenvalue weighted by molar-refractivity contribution is 5.88. The summed E-state index contributed by atoms with van der Waals surface area (Å²) in [5.74, 6) is -0.341. The van der Waals surface area contributed by atoms with Crippen molar-refractivity contribution in [3.63, 3.8) is 0 Å². The molecule has 1 aromatic rings. The van der Waals surface area contributed by atoms with Gasteiger partial charge < -0.3 is 9.47 Å². The van der Waals surface area contributed by atoms with Crippen LogP contribution in [0.5, 0.6) is 0 Å². The number of aryl methyl sites for hydroxylation is 1. The molecule has 0 aromatic carbocycles. The molecular formula is C12H18N2O3. The average molecular weight is 238 g/mol. The first kappa shape index (κ1) is 12.1. The summed E-state index contributed by atoms with van der Waals surface area (Å²) < 4.78 is 12.5. The fraction of sp³-hybridized carbons (Fsp3) is 0.667. The van der Waals surface area contributed by atoms with E-state index in [1.165, 1.54) is 6.20 Å². The zero-order valence-electron chi connectivity index (χ0n) is 10.5. The van der Waals surface area contributed by atoms with Crippen LogP contribution >= 0.6 is 0 Å². The first-order chi connectivity index (χ1) is 7.96. The maximum absolute atomic E-state index is 11.6. The van der Waals surface area contributed by atoms with Gasteiger partial charge >= 0.3 is 5.97 Å². The molecule has 0 unspecified atom stereocenters. The van der Waals surface area contributed by atoms with Crippen molar-refractivity contribution in [3.05, 3.63) is 18.0 Å². The van der Waals surface area contributed by atoms with E-state index in [4.69, 9.17) is 9.47 Å². The number of hydrogen-bond acceptors (Lipinski definition) is 4. The van der Waals surface area contributed by atoms with Crippen molar-refractivity contribution in [1.29, 1.82) is 0 Å². The molecule has 2 rings (SSSR count). The Morgan fingerprint density at radius 1 is 1.71 bits per heavy atom. The van der Waals surface area contributed by atoms with Crippen LogP contribution in [0.1, 0.15) is 37.0 Å². The van der Waals surface area contributed by atoms with E-state index in [2.05, 4.69) is 18.9 Å². The lowest BCUT2D eigenvalue weighted by Gasteiger charge is -2.18. The lowest BCUT2D eigenvalue weighted by Crippen LogP contribution is -2.24. The normalized spacial score (nSPS) is 22.6. The van der Waals surface area contributed by atoms with E-state index in [9.17, 15) is 4.79 Å². The van der Waals surface area contributed by atoms with Crippen molar-refractivity contribution in [2.24, 2.45) is 7.05 Å². The van der Waals surface area contributed by atoms with E-state index in [-0.39, 0.29) is 17.7 Å². The van der Waals surface area contributed by atoms with Crippen molar-refractivity contribution >= 4 is 5.97 Å². The molecular weight excluding hydrogens is 220 g/mol. The van der Waals surface area contributed by atoms with Gasteiger partial charge in [-0.05, 0) is 26.7 Å². The van der Waals surface area contributed by atoms with E-state index >= 15 is 0 Å². The predicted octanol–water partition coefficient (Wildman–Crippen LogP) is 1.53. The number of carbonyl (C=O) groups is 1. The van der Waals surface area contributed by atoms with Crippen LogP contribution in [-0.2, 0) is 16.5 Å². The number of rotatable bonds is 3. The Bertz CT molecular complexity index is 412. The zero-order valence-corrected chi connectivity index (χ0v) is 10.5. The van der Waals surface area contributed by atoms with Gasteiger partial charge in [0.2, 0.25) is 0 Å². The summed E-state index contributed by atoms with van der Waals surface area (Å²) in [6.45, 7) is 4.42. The van der Waals surface area contributed by atoms with Gasteiger partial charge in [0.15, 0.2) is 0 Å². The molecule has 0 radical (unpaired) electrons. The van der Waals surface area contributed by atoms with E-state index in [1.807, 2.05) is 0 Å². The molecule has 0 N–H and O–H groups in total. The quantitative estimate of drug-likeness (QED) is 0.749. The number of ether oxygens (including phenoxy) is 2. The topological polar surface area (TPSA) is 53.4 Å². The molecule has 2 heterocycles. The highest BCUT2D eigenvalue weighted by Gasteiger charge is 2.32. The Morgan fingerprint density at radius 3 is 3.00 bits per heavy atom. The standard InChI is InChI=1S/C12H18N2O3/c1-12(2)5-4-10(17-12)8-16-11(15)9-6-13-14(3)7-9/h6-7,10H,4-5,8H2,1-3H3/t10-/m0/s1. The van der Waals surface area contributed by atoms with Crippen molar-refractivity contribution in [2.45, 2.75) is 38.4 Å². The lowest BCUT2D eigenvalue weighted by molar-refractivity contribution is -0.0444. The average Bonchev–Trinajstić information content (AvgIpc) is 2.81. The number of hydrogen-bond donors (Lipinski definition) is 0. The molecule has 0 aliphatic carbocycles. The zero-order chi connectivity index (χ0) is 12.5. The highest BCUT2D eigenvalue weighted by Crippen LogP contribution is 2.29.